The van der Waals surface area contributed by atoms with Crippen LogP contribution in [0.15, 0.2) is 18.2 Å². The molecule has 0 heterocycles. The minimum atomic E-state index is -0.643. The second-order valence-corrected chi connectivity index (χ2v) is 5.83. The van der Waals surface area contributed by atoms with Crippen molar-refractivity contribution in [3.63, 3.8) is 0 Å². The van der Waals surface area contributed by atoms with Crippen molar-refractivity contribution in [2.24, 2.45) is 11.1 Å². The summed E-state index contributed by atoms with van der Waals surface area (Å²) in [5.74, 6) is 1.32. The van der Waals surface area contributed by atoms with Crippen LogP contribution < -0.4 is 15.2 Å². The van der Waals surface area contributed by atoms with Crippen molar-refractivity contribution >= 4 is 12.4 Å². The van der Waals surface area contributed by atoms with Crippen molar-refractivity contribution in [3.8, 4) is 11.5 Å². The average molecular weight is 304 g/mol. The van der Waals surface area contributed by atoms with Crippen LogP contribution in [0.5, 0.6) is 11.5 Å². The number of methoxy groups -OCH3 is 2. The molecular formula is C15H26ClNO3. The first kappa shape index (κ1) is 19.0. The number of nitrogens with two attached hydrogens (primary N) is 1. The van der Waals surface area contributed by atoms with E-state index in [9.17, 15) is 5.11 Å². The maximum Gasteiger partial charge on any atom is 0.128 e. The highest BCUT2D eigenvalue weighted by atomic mass is 35.5. The topological polar surface area (TPSA) is 64.7 Å². The summed E-state index contributed by atoms with van der Waals surface area (Å²) in [6, 6.07) is 5.30. The van der Waals surface area contributed by atoms with Crippen LogP contribution in [0.1, 0.15) is 38.9 Å². The van der Waals surface area contributed by atoms with E-state index in [-0.39, 0.29) is 23.9 Å². The molecule has 0 unspecified atom stereocenters. The van der Waals surface area contributed by atoms with Crippen LogP contribution in [-0.4, -0.2) is 25.4 Å². The van der Waals surface area contributed by atoms with Crippen molar-refractivity contribution in [1.29, 1.82) is 0 Å². The number of aliphatic hydroxyl groups excluding tert-OH is 1. The van der Waals surface area contributed by atoms with Gasteiger partial charge in [-0.1, -0.05) is 20.8 Å². The van der Waals surface area contributed by atoms with E-state index in [4.69, 9.17) is 15.2 Å². The molecule has 0 aromatic heterocycles. The Morgan fingerprint density at radius 1 is 1.20 bits per heavy atom. The smallest absolute Gasteiger partial charge is 0.128 e. The van der Waals surface area contributed by atoms with E-state index >= 15 is 0 Å². The summed E-state index contributed by atoms with van der Waals surface area (Å²) in [5.41, 5.74) is 6.81. The van der Waals surface area contributed by atoms with E-state index in [2.05, 4.69) is 20.8 Å². The van der Waals surface area contributed by atoms with Crippen LogP contribution in [0.4, 0.5) is 0 Å². The molecule has 0 radical (unpaired) electrons. The molecule has 0 aliphatic carbocycles. The van der Waals surface area contributed by atoms with Crippen LogP contribution >= 0.6 is 12.4 Å². The van der Waals surface area contributed by atoms with Crippen LogP contribution in [-0.2, 0) is 0 Å². The molecule has 1 aromatic carbocycles. The zero-order valence-electron chi connectivity index (χ0n) is 12.8. The fourth-order valence-corrected chi connectivity index (χ4v) is 1.81. The number of benzene rings is 1. The molecule has 0 amide bonds. The summed E-state index contributed by atoms with van der Waals surface area (Å²) in [5, 5.41) is 10.3. The van der Waals surface area contributed by atoms with E-state index in [1.165, 1.54) is 0 Å². The molecule has 3 N–H and O–H groups in total. The Balaban J connectivity index is 0.00000361. The largest absolute Gasteiger partial charge is 0.497 e. The van der Waals surface area contributed by atoms with Gasteiger partial charge in [0.1, 0.15) is 11.5 Å². The Morgan fingerprint density at radius 3 is 2.25 bits per heavy atom. The molecule has 0 aliphatic heterocycles. The molecule has 4 nitrogen and oxygen atoms in total. The SMILES string of the molecule is COc1ccc([C@@H](O)C[C@H](N)C(C)(C)C)c(OC)c1.Cl. The summed E-state index contributed by atoms with van der Waals surface area (Å²) in [6.45, 7) is 6.20. The lowest BCUT2D eigenvalue weighted by Gasteiger charge is -2.29. The van der Waals surface area contributed by atoms with Crippen LogP contribution in [0, 0.1) is 5.41 Å². The Morgan fingerprint density at radius 2 is 1.80 bits per heavy atom. The summed E-state index contributed by atoms with van der Waals surface area (Å²) >= 11 is 0. The number of hydrogen-bond donors (Lipinski definition) is 2. The Bertz CT molecular complexity index is 418. The lowest BCUT2D eigenvalue weighted by atomic mass is 9.83. The highest BCUT2D eigenvalue weighted by Gasteiger charge is 2.25. The molecule has 116 valence electrons. The van der Waals surface area contributed by atoms with Crippen LogP contribution in [0.3, 0.4) is 0 Å². The van der Waals surface area contributed by atoms with Crippen molar-refractivity contribution in [1.82, 2.24) is 0 Å². The van der Waals surface area contributed by atoms with Gasteiger partial charge in [-0.05, 0) is 24.0 Å². The van der Waals surface area contributed by atoms with Gasteiger partial charge >= 0.3 is 0 Å². The molecule has 0 fully saturated rings. The van der Waals surface area contributed by atoms with Crippen molar-refractivity contribution in [2.75, 3.05) is 14.2 Å². The second-order valence-electron chi connectivity index (χ2n) is 5.83. The minimum absolute atomic E-state index is 0. The first-order chi connectivity index (χ1) is 8.79. The number of rotatable bonds is 5. The molecule has 0 aliphatic rings. The van der Waals surface area contributed by atoms with Gasteiger partial charge in [-0.2, -0.15) is 0 Å². The maximum absolute atomic E-state index is 10.3. The average Bonchev–Trinajstić information content (AvgIpc) is 2.36. The van der Waals surface area contributed by atoms with Gasteiger partial charge in [0, 0.05) is 17.7 Å². The highest BCUT2D eigenvalue weighted by molar-refractivity contribution is 5.85. The van der Waals surface area contributed by atoms with Crippen LogP contribution in [0.2, 0.25) is 0 Å². The molecule has 5 heteroatoms. The Hall–Kier alpha value is -0.970. The lowest BCUT2D eigenvalue weighted by Crippen LogP contribution is -2.36. The third-order valence-electron chi connectivity index (χ3n) is 3.39. The van der Waals surface area contributed by atoms with E-state index in [1.54, 1.807) is 20.3 Å². The highest BCUT2D eigenvalue weighted by Crippen LogP contribution is 2.33. The maximum atomic E-state index is 10.3. The fraction of sp³-hybridized carbons (Fsp3) is 0.600. The standard InChI is InChI=1S/C15H25NO3.ClH/c1-15(2,3)14(16)9-12(17)11-7-6-10(18-4)8-13(11)19-5;/h6-8,12,14,17H,9,16H2,1-5H3;1H/t12-,14-;/m0./s1. The molecule has 2 atom stereocenters. The number of halogens is 1. The van der Waals surface area contributed by atoms with Crippen molar-refractivity contribution < 1.29 is 14.6 Å². The van der Waals surface area contributed by atoms with Gasteiger partial charge in [-0.3, -0.25) is 0 Å². The molecule has 20 heavy (non-hydrogen) atoms. The quantitative estimate of drug-likeness (QED) is 0.878. The predicted molar refractivity (Wildman–Crippen MR) is 83.8 cm³/mol. The first-order valence-corrected chi connectivity index (χ1v) is 6.45. The third-order valence-corrected chi connectivity index (χ3v) is 3.39. The summed E-state index contributed by atoms with van der Waals surface area (Å²) < 4.78 is 10.4. The molecule has 0 saturated heterocycles. The van der Waals surface area contributed by atoms with Crippen LogP contribution in [0.25, 0.3) is 0 Å². The van der Waals surface area contributed by atoms with Gasteiger partial charge in [0.15, 0.2) is 0 Å². The van der Waals surface area contributed by atoms with Gasteiger partial charge in [0.25, 0.3) is 0 Å². The van der Waals surface area contributed by atoms with Gasteiger partial charge in [0.05, 0.1) is 20.3 Å². The molecule has 1 rings (SSSR count). The van der Waals surface area contributed by atoms with Gasteiger partial charge in [0.2, 0.25) is 0 Å². The third kappa shape index (κ3) is 4.85. The monoisotopic (exact) mass is 303 g/mol. The minimum Gasteiger partial charge on any atom is -0.497 e. The molecule has 0 saturated carbocycles. The Labute approximate surface area is 127 Å². The normalized spacial score (nSPS) is 14.2. The van der Waals surface area contributed by atoms with E-state index in [0.717, 1.165) is 5.56 Å². The van der Waals surface area contributed by atoms with E-state index < -0.39 is 6.10 Å². The number of ether oxygens (including phenoxy) is 2. The second kappa shape index (κ2) is 7.72. The summed E-state index contributed by atoms with van der Waals surface area (Å²) in [4.78, 5) is 0. The van der Waals surface area contributed by atoms with E-state index in [0.29, 0.717) is 17.9 Å². The zero-order chi connectivity index (χ0) is 14.6. The predicted octanol–water partition coefficient (Wildman–Crippen LogP) is 2.92. The van der Waals surface area contributed by atoms with Crippen molar-refractivity contribution in [3.05, 3.63) is 23.8 Å². The Kier molecular flexibility index (Phi) is 7.34. The number of hydrogen-bond acceptors (Lipinski definition) is 4. The van der Waals surface area contributed by atoms with Crippen molar-refractivity contribution in [2.45, 2.75) is 39.3 Å². The zero-order valence-corrected chi connectivity index (χ0v) is 13.7. The molecule has 0 spiro atoms. The summed E-state index contributed by atoms with van der Waals surface area (Å²) in [7, 11) is 3.18. The molecule has 0 bridgehead atoms. The van der Waals surface area contributed by atoms with Gasteiger partial charge in [-0.15, -0.1) is 12.4 Å². The molecular weight excluding hydrogens is 278 g/mol. The fourth-order valence-electron chi connectivity index (χ4n) is 1.81. The number of aliphatic hydroxyl groups is 1. The lowest BCUT2D eigenvalue weighted by molar-refractivity contribution is 0.130. The van der Waals surface area contributed by atoms with E-state index in [1.807, 2.05) is 12.1 Å². The van der Waals surface area contributed by atoms with Gasteiger partial charge < -0.3 is 20.3 Å². The summed E-state index contributed by atoms with van der Waals surface area (Å²) in [6.07, 6.45) is -0.151. The first-order valence-electron chi connectivity index (χ1n) is 6.45. The molecule has 1 aromatic rings. The van der Waals surface area contributed by atoms with Gasteiger partial charge in [-0.25, -0.2) is 0 Å².